The summed E-state index contributed by atoms with van der Waals surface area (Å²) in [6.45, 7) is 18.9. The quantitative estimate of drug-likeness (QED) is 0.166. The molecule has 2 aliphatic heterocycles. The Morgan fingerprint density at radius 1 is 0.377 bits per heavy atom. The highest BCUT2D eigenvalue weighted by Gasteiger charge is 2.40. The van der Waals surface area contributed by atoms with Gasteiger partial charge in [-0.05, 0) is 109 Å². The first-order chi connectivity index (χ1) is 29.4. The van der Waals surface area contributed by atoms with Crippen molar-refractivity contribution in [3.8, 4) is 0 Å². The van der Waals surface area contributed by atoms with Gasteiger partial charge in [0.05, 0.1) is 34.1 Å². The maximum Gasteiger partial charge on any atom is 0.137 e. The minimum Gasteiger partial charge on any atom is -0.456 e. The molecule has 12 rings (SSSR count). The molecular formula is C58H50N2O. The summed E-state index contributed by atoms with van der Waals surface area (Å²) >= 11 is 0. The second kappa shape index (κ2) is 12.5. The van der Waals surface area contributed by atoms with E-state index in [1.54, 1.807) is 0 Å². The summed E-state index contributed by atoms with van der Waals surface area (Å²) in [6.07, 6.45) is 0. The average molecular weight is 791 g/mol. The molecule has 3 heteroatoms. The first-order valence-electron chi connectivity index (χ1n) is 22.1. The molecule has 298 valence electrons. The highest BCUT2D eigenvalue weighted by molar-refractivity contribution is 6.30. The van der Waals surface area contributed by atoms with Gasteiger partial charge in [-0.25, -0.2) is 0 Å². The predicted molar refractivity (Wildman–Crippen MR) is 259 cm³/mol. The van der Waals surface area contributed by atoms with Gasteiger partial charge in [-0.1, -0.05) is 152 Å². The van der Waals surface area contributed by atoms with E-state index in [-0.39, 0.29) is 16.7 Å². The zero-order valence-corrected chi connectivity index (χ0v) is 36.3. The van der Waals surface area contributed by atoms with Crippen LogP contribution < -0.4 is 9.80 Å². The number of hydrogen-bond acceptors (Lipinski definition) is 3. The lowest BCUT2D eigenvalue weighted by molar-refractivity contribution is 0.631. The number of nitrogens with zero attached hydrogens (tertiary/aromatic N) is 2. The SMILES string of the molecule is CC(C)c1cc2ccc(N3c4ccccc4C(C)(C)c4cc5c(cc43)oc3ccccc35)c3c(C(C)C)cc4ccc(N5c6ccccc6C(C)(C)c6ccccc65)c1c4c23. The molecule has 0 N–H and O–H groups in total. The van der Waals surface area contributed by atoms with Crippen LogP contribution in [-0.4, -0.2) is 0 Å². The van der Waals surface area contributed by atoms with E-state index < -0.39 is 0 Å². The van der Waals surface area contributed by atoms with Gasteiger partial charge < -0.3 is 14.2 Å². The first-order valence-corrected chi connectivity index (χ1v) is 22.1. The van der Waals surface area contributed by atoms with Gasteiger partial charge in [0.25, 0.3) is 0 Å². The summed E-state index contributed by atoms with van der Waals surface area (Å²) < 4.78 is 6.64. The molecule has 0 aliphatic carbocycles. The van der Waals surface area contributed by atoms with Crippen LogP contribution in [0, 0.1) is 0 Å². The average Bonchev–Trinajstić information content (AvgIpc) is 3.63. The van der Waals surface area contributed by atoms with E-state index in [0.717, 1.165) is 21.9 Å². The van der Waals surface area contributed by atoms with Gasteiger partial charge in [0.1, 0.15) is 11.2 Å². The molecule has 3 heterocycles. The van der Waals surface area contributed by atoms with Crippen LogP contribution in [0.5, 0.6) is 0 Å². The highest BCUT2D eigenvalue weighted by Crippen LogP contribution is 2.58. The molecule has 2 aliphatic rings. The summed E-state index contributed by atoms with van der Waals surface area (Å²) in [5.41, 5.74) is 16.8. The van der Waals surface area contributed by atoms with Crippen LogP contribution in [0.15, 0.2) is 150 Å². The van der Waals surface area contributed by atoms with Crippen LogP contribution >= 0.6 is 0 Å². The Kier molecular flexibility index (Phi) is 7.43. The molecule has 1 aromatic heterocycles. The second-order valence-electron chi connectivity index (χ2n) is 19.3. The van der Waals surface area contributed by atoms with Crippen molar-refractivity contribution in [1.82, 2.24) is 0 Å². The van der Waals surface area contributed by atoms with Crippen molar-refractivity contribution >= 4 is 88.4 Å². The molecule has 0 unspecified atom stereocenters. The molecule has 10 aromatic rings. The molecule has 61 heavy (non-hydrogen) atoms. The largest absolute Gasteiger partial charge is 0.456 e. The fraction of sp³-hybridized carbons (Fsp3) is 0.207. The van der Waals surface area contributed by atoms with E-state index in [1.807, 2.05) is 0 Å². The fourth-order valence-electron chi connectivity index (χ4n) is 11.4. The molecule has 0 saturated heterocycles. The Labute approximate surface area is 358 Å². The van der Waals surface area contributed by atoms with E-state index in [2.05, 4.69) is 211 Å². The summed E-state index contributed by atoms with van der Waals surface area (Å²) in [6, 6.07) is 54.9. The maximum atomic E-state index is 6.64. The van der Waals surface area contributed by atoms with Crippen LogP contribution in [-0.2, 0) is 10.8 Å². The molecule has 0 radical (unpaired) electrons. The molecule has 0 spiro atoms. The Morgan fingerprint density at radius 3 is 1.33 bits per heavy atom. The number of furan rings is 1. The highest BCUT2D eigenvalue weighted by atomic mass is 16.3. The number of hydrogen-bond donors (Lipinski definition) is 0. The molecule has 0 fully saturated rings. The second-order valence-corrected chi connectivity index (χ2v) is 19.3. The van der Waals surface area contributed by atoms with Crippen molar-refractivity contribution in [1.29, 1.82) is 0 Å². The third kappa shape index (κ3) is 4.81. The van der Waals surface area contributed by atoms with Gasteiger partial charge in [0.15, 0.2) is 0 Å². The molecule has 9 aromatic carbocycles. The van der Waals surface area contributed by atoms with Crippen molar-refractivity contribution < 1.29 is 4.42 Å². The Balaban J connectivity index is 1.21. The normalized spacial score (nSPS) is 15.4. The van der Waals surface area contributed by atoms with E-state index in [1.165, 1.54) is 99.8 Å². The van der Waals surface area contributed by atoms with Crippen LogP contribution in [0.3, 0.4) is 0 Å². The van der Waals surface area contributed by atoms with Crippen molar-refractivity contribution in [2.24, 2.45) is 0 Å². The number of benzene rings is 9. The van der Waals surface area contributed by atoms with Crippen LogP contribution in [0.25, 0.3) is 54.3 Å². The van der Waals surface area contributed by atoms with E-state index in [9.17, 15) is 0 Å². The summed E-state index contributed by atoms with van der Waals surface area (Å²) in [5, 5.41) is 10.3. The minimum atomic E-state index is -0.240. The fourth-order valence-corrected chi connectivity index (χ4v) is 11.4. The molecular weight excluding hydrogens is 741 g/mol. The van der Waals surface area contributed by atoms with Gasteiger partial charge >= 0.3 is 0 Å². The molecule has 0 atom stereocenters. The smallest absolute Gasteiger partial charge is 0.137 e. The van der Waals surface area contributed by atoms with Crippen molar-refractivity contribution in [3.63, 3.8) is 0 Å². The van der Waals surface area contributed by atoms with Crippen molar-refractivity contribution in [3.05, 3.63) is 179 Å². The number of rotatable bonds is 4. The summed E-state index contributed by atoms with van der Waals surface area (Å²) in [5.74, 6) is 0.590. The van der Waals surface area contributed by atoms with Gasteiger partial charge in [0, 0.05) is 38.4 Å². The molecule has 0 bridgehead atoms. The predicted octanol–water partition coefficient (Wildman–Crippen LogP) is 16.9. The zero-order valence-electron chi connectivity index (χ0n) is 36.3. The molecule has 3 nitrogen and oxygen atoms in total. The van der Waals surface area contributed by atoms with Crippen LogP contribution in [0.1, 0.15) is 101 Å². The van der Waals surface area contributed by atoms with Crippen molar-refractivity contribution in [2.45, 2.75) is 78.1 Å². The number of para-hydroxylation sites is 4. The third-order valence-corrected chi connectivity index (χ3v) is 14.5. The third-order valence-electron chi connectivity index (χ3n) is 14.5. The minimum absolute atomic E-state index is 0.140. The molecule has 0 amide bonds. The van der Waals surface area contributed by atoms with Crippen molar-refractivity contribution in [2.75, 3.05) is 9.80 Å². The van der Waals surface area contributed by atoms with E-state index in [0.29, 0.717) is 5.92 Å². The Bertz CT molecular complexity index is 3400. The summed E-state index contributed by atoms with van der Waals surface area (Å²) in [4.78, 5) is 5.12. The Morgan fingerprint density at radius 2 is 0.820 bits per heavy atom. The summed E-state index contributed by atoms with van der Waals surface area (Å²) in [7, 11) is 0. The maximum absolute atomic E-state index is 6.64. The zero-order chi connectivity index (χ0) is 41.7. The lowest BCUT2D eigenvalue weighted by Gasteiger charge is -2.43. The van der Waals surface area contributed by atoms with Gasteiger partial charge in [-0.3, -0.25) is 0 Å². The lowest BCUT2D eigenvalue weighted by Crippen LogP contribution is -2.30. The monoisotopic (exact) mass is 790 g/mol. The number of fused-ring (bicyclic) bond motifs is 7. The number of anilines is 6. The molecule has 0 saturated carbocycles. The standard InChI is InChI=1S/C58H50N2O/c1-33(2)38-29-36-26-28-49(60-47-23-15-12-20-43(47)58(7,8)44-31-40-37-17-9-16-24-51(37)61-52(40)32-50(44)60)56-39(34(3)4)30-35-25-27-48(55(38)53(35)54(36)56)59-45-21-13-10-18-41(45)57(5,6)42-19-11-14-22-46(42)59/h9-34H,1-8H3. The Hall–Kier alpha value is -6.58. The van der Waals surface area contributed by atoms with E-state index >= 15 is 0 Å². The van der Waals surface area contributed by atoms with Crippen LogP contribution in [0.4, 0.5) is 34.1 Å². The van der Waals surface area contributed by atoms with Gasteiger partial charge in [-0.15, -0.1) is 0 Å². The topological polar surface area (TPSA) is 19.6 Å². The van der Waals surface area contributed by atoms with E-state index in [4.69, 9.17) is 4.42 Å². The van der Waals surface area contributed by atoms with Gasteiger partial charge in [0.2, 0.25) is 0 Å². The lowest BCUT2D eigenvalue weighted by atomic mass is 9.73. The first kappa shape index (κ1) is 36.3. The van der Waals surface area contributed by atoms with Crippen LogP contribution in [0.2, 0.25) is 0 Å². The van der Waals surface area contributed by atoms with Gasteiger partial charge in [-0.2, -0.15) is 0 Å².